The van der Waals surface area contributed by atoms with E-state index in [0.29, 0.717) is 17.9 Å². The van der Waals surface area contributed by atoms with E-state index < -0.39 is 11.4 Å². The van der Waals surface area contributed by atoms with Crippen molar-refractivity contribution in [3.05, 3.63) is 17.0 Å². The lowest BCUT2D eigenvalue weighted by molar-refractivity contribution is -0.148. The minimum Gasteiger partial charge on any atom is -0.481 e. The quantitative estimate of drug-likeness (QED) is 0.814. The second kappa shape index (κ2) is 5.86. The van der Waals surface area contributed by atoms with Gasteiger partial charge in [-0.05, 0) is 27.2 Å². The lowest BCUT2D eigenvalue weighted by Gasteiger charge is -2.23. The Bertz CT molecular complexity index is 461. The molecule has 2 N–H and O–H groups in total. The Morgan fingerprint density at radius 3 is 2.47 bits per heavy atom. The first-order valence-electron chi connectivity index (χ1n) is 6.22. The number of rotatable bonds is 6. The summed E-state index contributed by atoms with van der Waals surface area (Å²) in [5.74, 6) is -0.521. The summed E-state index contributed by atoms with van der Waals surface area (Å²) in [4.78, 5) is 22.9. The van der Waals surface area contributed by atoms with Crippen LogP contribution >= 0.6 is 0 Å². The molecule has 0 bridgehead atoms. The van der Waals surface area contributed by atoms with Crippen molar-refractivity contribution in [2.45, 2.75) is 40.5 Å². The molecule has 0 aliphatic rings. The number of carbonyl (C=O) groups excluding carboxylic acids is 1. The van der Waals surface area contributed by atoms with Gasteiger partial charge in [0, 0.05) is 12.1 Å². The monoisotopic (exact) mass is 268 g/mol. The zero-order valence-electron chi connectivity index (χ0n) is 11.7. The average Bonchev–Trinajstić information content (AvgIpc) is 2.67. The largest absolute Gasteiger partial charge is 0.481 e. The van der Waals surface area contributed by atoms with Gasteiger partial charge >= 0.3 is 5.97 Å². The predicted molar refractivity (Wildman–Crippen MR) is 68.7 cm³/mol. The van der Waals surface area contributed by atoms with Crippen LogP contribution in [-0.2, 0) is 16.0 Å². The number of hydrogen-bond donors (Lipinski definition) is 2. The standard InChI is InChI=1S/C13H20N2O4/c1-5-13(4,12(17)18)7-14-11(16)6-10-8(2)15-19-9(10)3/h5-7H2,1-4H3,(H,14,16)(H,17,18). The highest BCUT2D eigenvalue weighted by atomic mass is 16.5. The van der Waals surface area contributed by atoms with Gasteiger partial charge in [0.15, 0.2) is 0 Å². The molecule has 0 fully saturated rings. The number of hydrogen-bond acceptors (Lipinski definition) is 4. The number of carboxylic acid groups (broad SMARTS) is 1. The number of nitrogens with one attached hydrogen (secondary N) is 1. The van der Waals surface area contributed by atoms with Crippen molar-refractivity contribution in [2.24, 2.45) is 5.41 Å². The lowest BCUT2D eigenvalue weighted by Crippen LogP contribution is -2.41. The molecule has 1 atom stereocenters. The van der Waals surface area contributed by atoms with Crippen LogP contribution in [0.2, 0.25) is 0 Å². The molecule has 1 amide bonds. The fourth-order valence-electron chi connectivity index (χ4n) is 1.62. The second-order valence-corrected chi connectivity index (χ2v) is 4.98. The molecule has 1 heterocycles. The van der Waals surface area contributed by atoms with E-state index >= 15 is 0 Å². The Kier molecular flexibility index (Phi) is 4.69. The Labute approximate surface area is 112 Å². The zero-order chi connectivity index (χ0) is 14.6. The molecule has 1 unspecified atom stereocenters. The summed E-state index contributed by atoms with van der Waals surface area (Å²) in [5.41, 5.74) is 0.504. The van der Waals surface area contributed by atoms with E-state index in [9.17, 15) is 9.59 Å². The van der Waals surface area contributed by atoms with Crippen LogP contribution in [0.25, 0.3) is 0 Å². The molecule has 1 aromatic heterocycles. The van der Waals surface area contributed by atoms with E-state index in [4.69, 9.17) is 9.63 Å². The average molecular weight is 268 g/mol. The van der Waals surface area contributed by atoms with Gasteiger partial charge in [0.25, 0.3) is 0 Å². The summed E-state index contributed by atoms with van der Waals surface area (Å²) < 4.78 is 4.98. The first-order chi connectivity index (χ1) is 8.80. The summed E-state index contributed by atoms with van der Waals surface area (Å²) in [7, 11) is 0. The van der Waals surface area contributed by atoms with Crippen LogP contribution < -0.4 is 5.32 Å². The van der Waals surface area contributed by atoms with Crippen LogP contribution in [0.1, 0.15) is 37.3 Å². The van der Waals surface area contributed by atoms with Gasteiger partial charge in [-0.2, -0.15) is 0 Å². The highest BCUT2D eigenvalue weighted by Crippen LogP contribution is 2.20. The molecule has 1 aromatic rings. The van der Waals surface area contributed by atoms with Crippen molar-refractivity contribution >= 4 is 11.9 Å². The number of nitrogens with zero attached hydrogens (tertiary/aromatic N) is 1. The summed E-state index contributed by atoms with van der Waals surface area (Å²) in [6, 6.07) is 0. The van der Waals surface area contributed by atoms with E-state index in [0.717, 1.165) is 5.56 Å². The van der Waals surface area contributed by atoms with Crippen LogP contribution in [0.4, 0.5) is 0 Å². The van der Waals surface area contributed by atoms with Gasteiger partial charge in [0.1, 0.15) is 5.76 Å². The highest BCUT2D eigenvalue weighted by molar-refractivity contribution is 5.80. The van der Waals surface area contributed by atoms with Gasteiger partial charge in [0.05, 0.1) is 17.5 Å². The molecule has 19 heavy (non-hydrogen) atoms. The smallest absolute Gasteiger partial charge is 0.311 e. The van der Waals surface area contributed by atoms with E-state index in [1.165, 1.54) is 0 Å². The van der Waals surface area contributed by atoms with Gasteiger partial charge in [0.2, 0.25) is 5.91 Å². The van der Waals surface area contributed by atoms with Crippen molar-refractivity contribution in [1.82, 2.24) is 10.5 Å². The molecule has 0 saturated carbocycles. The van der Waals surface area contributed by atoms with E-state index in [-0.39, 0.29) is 18.9 Å². The third-order valence-electron chi connectivity index (χ3n) is 3.49. The maximum Gasteiger partial charge on any atom is 0.311 e. The summed E-state index contributed by atoms with van der Waals surface area (Å²) >= 11 is 0. The Morgan fingerprint density at radius 2 is 2.05 bits per heavy atom. The van der Waals surface area contributed by atoms with Gasteiger partial charge in [-0.15, -0.1) is 0 Å². The van der Waals surface area contributed by atoms with Crippen molar-refractivity contribution in [3.63, 3.8) is 0 Å². The first kappa shape index (κ1) is 15.2. The van der Waals surface area contributed by atoms with Crippen LogP contribution in [0.5, 0.6) is 0 Å². The summed E-state index contributed by atoms with van der Waals surface area (Å²) in [5, 5.41) is 15.5. The summed E-state index contributed by atoms with van der Waals surface area (Å²) in [6.07, 6.45) is 0.606. The van der Waals surface area contributed by atoms with Gasteiger partial charge in [-0.3, -0.25) is 9.59 Å². The Hall–Kier alpha value is -1.85. The minimum atomic E-state index is -0.936. The Balaban J connectivity index is 2.60. The third kappa shape index (κ3) is 3.56. The second-order valence-electron chi connectivity index (χ2n) is 4.98. The van der Waals surface area contributed by atoms with Crippen LogP contribution in [0, 0.1) is 19.3 Å². The molecule has 0 aromatic carbocycles. The molecule has 0 spiro atoms. The third-order valence-corrected chi connectivity index (χ3v) is 3.49. The van der Waals surface area contributed by atoms with Gasteiger partial charge < -0.3 is 14.9 Å². The van der Waals surface area contributed by atoms with Crippen molar-refractivity contribution in [2.75, 3.05) is 6.54 Å². The fraction of sp³-hybridized carbons (Fsp3) is 0.615. The van der Waals surface area contributed by atoms with Gasteiger partial charge in [-0.1, -0.05) is 12.1 Å². The molecule has 6 nitrogen and oxygen atoms in total. The summed E-state index contributed by atoms with van der Waals surface area (Å²) in [6.45, 7) is 7.03. The number of carbonyl (C=O) groups is 2. The zero-order valence-corrected chi connectivity index (χ0v) is 11.7. The van der Waals surface area contributed by atoms with Crippen molar-refractivity contribution < 1.29 is 19.2 Å². The van der Waals surface area contributed by atoms with Gasteiger partial charge in [-0.25, -0.2) is 0 Å². The molecule has 0 radical (unpaired) electrons. The molecule has 0 aliphatic carbocycles. The molecular formula is C13H20N2O4. The molecule has 0 saturated heterocycles. The molecule has 6 heteroatoms. The van der Waals surface area contributed by atoms with Crippen LogP contribution in [0.3, 0.4) is 0 Å². The SMILES string of the molecule is CCC(C)(CNC(=O)Cc1c(C)noc1C)C(=O)O. The highest BCUT2D eigenvalue weighted by Gasteiger charge is 2.31. The normalized spacial score (nSPS) is 13.9. The topological polar surface area (TPSA) is 92.4 Å². The molecule has 1 rings (SSSR count). The fourth-order valence-corrected chi connectivity index (χ4v) is 1.62. The van der Waals surface area contributed by atoms with Crippen molar-refractivity contribution in [3.8, 4) is 0 Å². The van der Waals surface area contributed by atoms with E-state index in [1.807, 2.05) is 0 Å². The maximum atomic E-state index is 11.8. The molecule has 0 aliphatic heterocycles. The van der Waals surface area contributed by atoms with E-state index in [1.54, 1.807) is 27.7 Å². The van der Waals surface area contributed by atoms with Crippen LogP contribution in [-0.4, -0.2) is 28.7 Å². The number of aromatic nitrogens is 1. The number of amides is 1. The number of aryl methyl sites for hydroxylation is 2. The first-order valence-corrected chi connectivity index (χ1v) is 6.22. The van der Waals surface area contributed by atoms with Crippen LogP contribution in [0.15, 0.2) is 4.52 Å². The van der Waals surface area contributed by atoms with Crippen molar-refractivity contribution in [1.29, 1.82) is 0 Å². The lowest BCUT2D eigenvalue weighted by atomic mass is 9.87. The molecular weight excluding hydrogens is 248 g/mol. The number of aliphatic carboxylic acids is 1. The Morgan fingerprint density at radius 1 is 1.42 bits per heavy atom. The molecule has 106 valence electrons. The van der Waals surface area contributed by atoms with E-state index in [2.05, 4.69) is 10.5 Å². The minimum absolute atomic E-state index is 0.112. The predicted octanol–water partition coefficient (Wildman–Crippen LogP) is 1.45. The maximum absolute atomic E-state index is 11.8. The number of carboxylic acids is 1.